The minimum Gasteiger partial charge on any atom is -0.395 e. The fourth-order valence-corrected chi connectivity index (χ4v) is 2.72. The summed E-state index contributed by atoms with van der Waals surface area (Å²) in [5.41, 5.74) is 2.15. The maximum absolute atomic E-state index is 9.17. The summed E-state index contributed by atoms with van der Waals surface area (Å²) in [6, 6.07) is 8.52. The standard InChI is InChI=1S/C15H17ClN2O/c16-14-6-3-11(15-13(14)2-1-7-17-15)10-18(8-9-19)12-4-5-12/h1-3,6-7,12,19H,4-5,8-10H2. The second kappa shape index (κ2) is 5.45. The lowest BCUT2D eigenvalue weighted by Gasteiger charge is -2.21. The summed E-state index contributed by atoms with van der Waals surface area (Å²) in [5, 5.41) is 10.9. The van der Waals surface area contributed by atoms with Crippen molar-refractivity contribution in [1.29, 1.82) is 0 Å². The Morgan fingerprint density at radius 3 is 2.89 bits per heavy atom. The van der Waals surface area contributed by atoms with E-state index in [0.29, 0.717) is 6.04 Å². The van der Waals surface area contributed by atoms with E-state index in [2.05, 4.69) is 9.88 Å². The van der Waals surface area contributed by atoms with Crippen LogP contribution in [0, 0.1) is 0 Å². The molecule has 1 heterocycles. The summed E-state index contributed by atoms with van der Waals surface area (Å²) >= 11 is 6.21. The van der Waals surface area contributed by atoms with Gasteiger partial charge in [0.1, 0.15) is 0 Å². The Labute approximate surface area is 117 Å². The molecule has 1 N–H and O–H groups in total. The first-order chi connectivity index (χ1) is 9.29. The van der Waals surface area contributed by atoms with E-state index in [-0.39, 0.29) is 6.61 Å². The molecule has 0 radical (unpaired) electrons. The Morgan fingerprint density at radius 2 is 2.16 bits per heavy atom. The molecule has 0 spiro atoms. The first-order valence-electron chi connectivity index (χ1n) is 6.66. The summed E-state index contributed by atoms with van der Waals surface area (Å²) < 4.78 is 0. The predicted molar refractivity (Wildman–Crippen MR) is 77.3 cm³/mol. The Hall–Kier alpha value is -1.16. The topological polar surface area (TPSA) is 36.4 Å². The van der Waals surface area contributed by atoms with Gasteiger partial charge in [-0.15, -0.1) is 0 Å². The van der Waals surface area contributed by atoms with Crippen LogP contribution in [0.25, 0.3) is 10.9 Å². The highest BCUT2D eigenvalue weighted by Gasteiger charge is 2.28. The van der Waals surface area contributed by atoms with E-state index in [1.54, 1.807) is 6.20 Å². The van der Waals surface area contributed by atoms with Gasteiger partial charge in [0.05, 0.1) is 12.1 Å². The monoisotopic (exact) mass is 276 g/mol. The maximum Gasteiger partial charge on any atom is 0.0761 e. The van der Waals surface area contributed by atoms with Gasteiger partial charge in [0.2, 0.25) is 0 Å². The van der Waals surface area contributed by atoms with Crippen LogP contribution in [0.15, 0.2) is 30.5 Å². The Balaban J connectivity index is 1.93. The molecule has 3 nitrogen and oxygen atoms in total. The molecule has 0 unspecified atom stereocenters. The molecule has 0 amide bonds. The molecular weight excluding hydrogens is 260 g/mol. The van der Waals surface area contributed by atoms with Crippen LogP contribution in [-0.2, 0) is 6.54 Å². The van der Waals surface area contributed by atoms with Gasteiger partial charge >= 0.3 is 0 Å². The highest BCUT2D eigenvalue weighted by molar-refractivity contribution is 6.35. The fraction of sp³-hybridized carbons (Fsp3) is 0.400. The number of halogens is 1. The normalized spacial score (nSPS) is 15.3. The second-order valence-electron chi connectivity index (χ2n) is 5.03. The molecule has 0 bridgehead atoms. The summed E-state index contributed by atoms with van der Waals surface area (Å²) in [7, 11) is 0. The van der Waals surface area contributed by atoms with Crippen molar-refractivity contribution in [3.63, 3.8) is 0 Å². The largest absolute Gasteiger partial charge is 0.395 e. The van der Waals surface area contributed by atoms with Gasteiger partial charge in [-0.05, 0) is 36.6 Å². The lowest BCUT2D eigenvalue weighted by Crippen LogP contribution is -2.28. The third-order valence-corrected chi connectivity index (χ3v) is 3.95. The third-order valence-electron chi connectivity index (χ3n) is 3.62. The molecule has 2 aromatic rings. The van der Waals surface area contributed by atoms with Crippen LogP contribution in [0.3, 0.4) is 0 Å². The van der Waals surface area contributed by atoms with Gasteiger partial charge in [0.25, 0.3) is 0 Å². The Kier molecular flexibility index (Phi) is 3.69. The molecule has 100 valence electrons. The average molecular weight is 277 g/mol. The number of benzene rings is 1. The Bertz CT molecular complexity index is 583. The lowest BCUT2D eigenvalue weighted by atomic mass is 10.1. The molecule has 4 heteroatoms. The van der Waals surface area contributed by atoms with Crippen LogP contribution < -0.4 is 0 Å². The fourth-order valence-electron chi connectivity index (χ4n) is 2.50. The number of fused-ring (bicyclic) bond motifs is 1. The summed E-state index contributed by atoms with van der Waals surface area (Å²) in [6.45, 7) is 1.76. The van der Waals surface area contributed by atoms with Crippen molar-refractivity contribution in [1.82, 2.24) is 9.88 Å². The highest BCUT2D eigenvalue weighted by atomic mass is 35.5. The molecule has 1 aliphatic rings. The zero-order valence-corrected chi connectivity index (χ0v) is 11.5. The number of hydrogen-bond donors (Lipinski definition) is 1. The number of nitrogens with zero attached hydrogens (tertiary/aromatic N) is 2. The molecule has 1 aliphatic carbocycles. The summed E-state index contributed by atoms with van der Waals surface area (Å²) in [5.74, 6) is 0. The first kappa shape index (κ1) is 12.9. The number of hydrogen-bond acceptors (Lipinski definition) is 3. The molecule has 1 aromatic carbocycles. The third kappa shape index (κ3) is 2.73. The number of aliphatic hydroxyl groups excluding tert-OH is 1. The second-order valence-corrected chi connectivity index (χ2v) is 5.44. The van der Waals surface area contributed by atoms with Crippen LogP contribution >= 0.6 is 11.6 Å². The smallest absolute Gasteiger partial charge is 0.0761 e. The van der Waals surface area contributed by atoms with E-state index < -0.39 is 0 Å². The van der Waals surface area contributed by atoms with Crippen LogP contribution in [0.5, 0.6) is 0 Å². The van der Waals surface area contributed by atoms with Gasteiger partial charge in [-0.2, -0.15) is 0 Å². The van der Waals surface area contributed by atoms with E-state index in [0.717, 1.165) is 29.0 Å². The van der Waals surface area contributed by atoms with Crippen molar-refractivity contribution >= 4 is 22.5 Å². The number of aromatic nitrogens is 1. The van der Waals surface area contributed by atoms with E-state index >= 15 is 0 Å². The molecule has 0 atom stereocenters. The molecule has 19 heavy (non-hydrogen) atoms. The molecule has 1 saturated carbocycles. The molecule has 1 fully saturated rings. The van der Waals surface area contributed by atoms with E-state index in [1.165, 1.54) is 18.4 Å². The van der Waals surface area contributed by atoms with Gasteiger partial charge < -0.3 is 5.11 Å². The zero-order chi connectivity index (χ0) is 13.2. The van der Waals surface area contributed by atoms with Crippen molar-refractivity contribution in [3.8, 4) is 0 Å². The van der Waals surface area contributed by atoms with E-state index in [1.807, 2.05) is 24.3 Å². The van der Waals surface area contributed by atoms with Gasteiger partial charge in [-0.25, -0.2) is 0 Å². The van der Waals surface area contributed by atoms with Crippen LogP contribution in [0.4, 0.5) is 0 Å². The first-order valence-corrected chi connectivity index (χ1v) is 7.04. The summed E-state index contributed by atoms with van der Waals surface area (Å²) in [4.78, 5) is 6.79. The lowest BCUT2D eigenvalue weighted by molar-refractivity contribution is 0.184. The van der Waals surface area contributed by atoms with Gasteiger partial charge in [-0.3, -0.25) is 9.88 Å². The van der Waals surface area contributed by atoms with Crippen molar-refractivity contribution in [3.05, 3.63) is 41.0 Å². The molecule has 0 saturated heterocycles. The van der Waals surface area contributed by atoms with Gasteiger partial charge in [-0.1, -0.05) is 17.7 Å². The molecule has 1 aromatic heterocycles. The quantitative estimate of drug-likeness (QED) is 0.912. The van der Waals surface area contributed by atoms with Gasteiger partial charge in [0, 0.05) is 35.7 Å². The van der Waals surface area contributed by atoms with Crippen molar-refractivity contribution < 1.29 is 5.11 Å². The van der Waals surface area contributed by atoms with E-state index in [9.17, 15) is 5.11 Å². The number of pyridine rings is 1. The summed E-state index contributed by atoms with van der Waals surface area (Å²) in [6.07, 6.45) is 4.27. The molecule has 0 aliphatic heterocycles. The molecule has 3 rings (SSSR count). The minimum atomic E-state index is 0.204. The average Bonchev–Trinajstić information content (AvgIpc) is 3.26. The predicted octanol–water partition coefficient (Wildman–Crippen LogP) is 2.84. The van der Waals surface area contributed by atoms with Crippen LogP contribution in [-0.4, -0.2) is 34.2 Å². The minimum absolute atomic E-state index is 0.204. The van der Waals surface area contributed by atoms with Crippen LogP contribution in [0.2, 0.25) is 5.02 Å². The number of rotatable bonds is 5. The van der Waals surface area contributed by atoms with Crippen molar-refractivity contribution in [2.24, 2.45) is 0 Å². The number of aliphatic hydroxyl groups is 1. The van der Waals surface area contributed by atoms with Crippen molar-refractivity contribution in [2.75, 3.05) is 13.2 Å². The highest BCUT2D eigenvalue weighted by Crippen LogP contribution is 2.30. The zero-order valence-electron chi connectivity index (χ0n) is 10.7. The van der Waals surface area contributed by atoms with Crippen LogP contribution in [0.1, 0.15) is 18.4 Å². The molecular formula is C15H17ClN2O. The van der Waals surface area contributed by atoms with E-state index in [4.69, 9.17) is 11.6 Å². The van der Waals surface area contributed by atoms with Gasteiger partial charge in [0.15, 0.2) is 0 Å². The maximum atomic E-state index is 9.17. The SMILES string of the molecule is OCCN(Cc1ccc(Cl)c2cccnc12)C1CC1. The Morgan fingerprint density at radius 1 is 1.32 bits per heavy atom. The van der Waals surface area contributed by atoms with Crippen molar-refractivity contribution in [2.45, 2.75) is 25.4 Å².